The summed E-state index contributed by atoms with van der Waals surface area (Å²) in [6, 6.07) is 10.6. The number of carbonyl (C=O) groups is 1. The molecule has 1 aromatic carbocycles. The van der Waals surface area contributed by atoms with Gasteiger partial charge in [-0.05, 0) is 48.2 Å². The standard InChI is InChI=1S/C18H25NO2S/c1-14-13-19(17(20)18(21)8-11-22-12-9-18)10-7-16(14)15-5-3-2-4-6-15/h2-6,14,16,21H,7-13H2,1H3. The highest BCUT2D eigenvalue weighted by Crippen LogP contribution is 2.35. The van der Waals surface area contributed by atoms with Gasteiger partial charge in [0.1, 0.15) is 5.60 Å². The zero-order chi connectivity index (χ0) is 15.6. The van der Waals surface area contributed by atoms with Gasteiger partial charge >= 0.3 is 0 Å². The number of rotatable bonds is 2. The van der Waals surface area contributed by atoms with Crippen molar-refractivity contribution < 1.29 is 9.90 Å². The van der Waals surface area contributed by atoms with E-state index in [9.17, 15) is 9.90 Å². The van der Waals surface area contributed by atoms with Crippen molar-refractivity contribution >= 4 is 17.7 Å². The number of amides is 1. The largest absolute Gasteiger partial charge is 0.380 e. The third-order valence-corrected chi connectivity index (χ3v) is 6.12. The van der Waals surface area contributed by atoms with E-state index in [-0.39, 0.29) is 5.91 Å². The van der Waals surface area contributed by atoms with Crippen molar-refractivity contribution in [2.45, 2.75) is 37.7 Å². The van der Waals surface area contributed by atoms with Crippen molar-refractivity contribution in [1.29, 1.82) is 0 Å². The molecule has 1 aromatic rings. The number of likely N-dealkylation sites (tertiary alicyclic amines) is 1. The second kappa shape index (κ2) is 6.63. The van der Waals surface area contributed by atoms with Crippen LogP contribution < -0.4 is 0 Å². The normalized spacial score (nSPS) is 28.4. The Morgan fingerprint density at radius 1 is 1.27 bits per heavy atom. The van der Waals surface area contributed by atoms with E-state index in [0.717, 1.165) is 31.0 Å². The van der Waals surface area contributed by atoms with E-state index >= 15 is 0 Å². The molecule has 3 rings (SSSR count). The van der Waals surface area contributed by atoms with Gasteiger partial charge in [-0.25, -0.2) is 0 Å². The van der Waals surface area contributed by atoms with Crippen LogP contribution in [-0.2, 0) is 4.79 Å². The molecule has 2 saturated heterocycles. The first-order valence-corrected chi connectivity index (χ1v) is 9.40. The van der Waals surface area contributed by atoms with Gasteiger partial charge in [-0.1, -0.05) is 37.3 Å². The maximum Gasteiger partial charge on any atom is 0.254 e. The summed E-state index contributed by atoms with van der Waals surface area (Å²) in [6.07, 6.45) is 2.19. The first kappa shape index (κ1) is 15.9. The van der Waals surface area contributed by atoms with Crippen LogP contribution in [0.4, 0.5) is 0 Å². The van der Waals surface area contributed by atoms with Crippen molar-refractivity contribution in [3.05, 3.63) is 35.9 Å². The zero-order valence-corrected chi connectivity index (χ0v) is 14.0. The van der Waals surface area contributed by atoms with Crippen LogP contribution in [-0.4, -0.2) is 46.1 Å². The van der Waals surface area contributed by atoms with E-state index in [2.05, 4.69) is 31.2 Å². The fourth-order valence-electron chi connectivity index (χ4n) is 3.74. The van der Waals surface area contributed by atoms with E-state index in [1.807, 2.05) is 22.7 Å². The molecule has 0 spiro atoms. The molecule has 4 heteroatoms. The minimum Gasteiger partial charge on any atom is -0.380 e. The van der Waals surface area contributed by atoms with Gasteiger partial charge in [0.05, 0.1) is 0 Å². The van der Waals surface area contributed by atoms with E-state index in [1.54, 1.807) is 0 Å². The highest BCUT2D eigenvalue weighted by atomic mass is 32.2. The third kappa shape index (κ3) is 3.18. The third-order valence-electron chi connectivity index (χ3n) is 5.14. The fraction of sp³-hybridized carbons (Fsp3) is 0.611. The van der Waals surface area contributed by atoms with E-state index in [4.69, 9.17) is 0 Å². The average Bonchev–Trinajstić information content (AvgIpc) is 2.55. The number of carbonyl (C=O) groups excluding carboxylic acids is 1. The van der Waals surface area contributed by atoms with Gasteiger partial charge in [0, 0.05) is 13.1 Å². The van der Waals surface area contributed by atoms with Crippen LogP contribution in [0.3, 0.4) is 0 Å². The molecule has 2 unspecified atom stereocenters. The molecule has 2 fully saturated rings. The second-order valence-electron chi connectivity index (χ2n) is 6.68. The van der Waals surface area contributed by atoms with Gasteiger partial charge in [0.2, 0.25) is 0 Å². The molecular formula is C18H25NO2S. The molecule has 2 aliphatic heterocycles. The van der Waals surface area contributed by atoms with Crippen molar-refractivity contribution in [2.75, 3.05) is 24.6 Å². The quantitative estimate of drug-likeness (QED) is 0.911. The summed E-state index contributed by atoms with van der Waals surface area (Å²) in [4.78, 5) is 14.6. The molecule has 2 atom stereocenters. The summed E-state index contributed by atoms with van der Waals surface area (Å²) in [5.74, 6) is 2.69. The summed E-state index contributed by atoms with van der Waals surface area (Å²) in [7, 11) is 0. The van der Waals surface area contributed by atoms with Gasteiger partial charge in [-0.15, -0.1) is 0 Å². The monoisotopic (exact) mass is 319 g/mol. The van der Waals surface area contributed by atoms with Crippen LogP contribution in [0.2, 0.25) is 0 Å². The van der Waals surface area contributed by atoms with E-state index < -0.39 is 5.60 Å². The first-order chi connectivity index (χ1) is 10.6. The lowest BCUT2D eigenvalue weighted by atomic mass is 9.81. The maximum absolute atomic E-state index is 12.7. The number of nitrogens with zero attached hydrogens (tertiary/aromatic N) is 1. The minimum absolute atomic E-state index is 0.0360. The highest BCUT2D eigenvalue weighted by Gasteiger charge is 2.42. The molecule has 2 aliphatic rings. The molecule has 3 nitrogen and oxygen atoms in total. The number of aliphatic hydroxyl groups is 1. The Kier molecular flexibility index (Phi) is 4.79. The van der Waals surface area contributed by atoms with Gasteiger partial charge in [0.25, 0.3) is 5.91 Å². The van der Waals surface area contributed by atoms with Crippen LogP contribution in [0.5, 0.6) is 0 Å². The van der Waals surface area contributed by atoms with Gasteiger partial charge in [-0.3, -0.25) is 4.79 Å². The fourth-order valence-corrected chi connectivity index (χ4v) is 4.91. The molecule has 0 aromatic heterocycles. The number of hydrogen-bond donors (Lipinski definition) is 1. The second-order valence-corrected chi connectivity index (χ2v) is 7.90. The molecule has 22 heavy (non-hydrogen) atoms. The smallest absolute Gasteiger partial charge is 0.254 e. The SMILES string of the molecule is CC1CN(C(=O)C2(O)CCSCC2)CCC1c1ccccc1. The van der Waals surface area contributed by atoms with Crippen LogP contribution in [0.1, 0.15) is 37.7 Å². The van der Waals surface area contributed by atoms with Crippen molar-refractivity contribution in [1.82, 2.24) is 4.90 Å². The van der Waals surface area contributed by atoms with Crippen molar-refractivity contribution in [3.8, 4) is 0 Å². The Morgan fingerprint density at radius 3 is 2.59 bits per heavy atom. The molecule has 1 N–H and O–H groups in total. The predicted molar refractivity (Wildman–Crippen MR) is 91.1 cm³/mol. The maximum atomic E-state index is 12.7. The number of hydrogen-bond acceptors (Lipinski definition) is 3. The lowest BCUT2D eigenvalue weighted by molar-refractivity contribution is -0.154. The highest BCUT2D eigenvalue weighted by molar-refractivity contribution is 7.99. The van der Waals surface area contributed by atoms with Crippen molar-refractivity contribution in [3.63, 3.8) is 0 Å². The molecule has 0 radical (unpaired) electrons. The average molecular weight is 319 g/mol. The molecule has 0 aliphatic carbocycles. The van der Waals surface area contributed by atoms with E-state index in [0.29, 0.717) is 24.7 Å². The van der Waals surface area contributed by atoms with Gasteiger partial charge in [-0.2, -0.15) is 11.8 Å². The first-order valence-electron chi connectivity index (χ1n) is 8.24. The molecule has 0 saturated carbocycles. The van der Waals surface area contributed by atoms with Crippen LogP contribution >= 0.6 is 11.8 Å². The summed E-state index contributed by atoms with van der Waals surface area (Å²) >= 11 is 1.83. The van der Waals surface area contributed by atoms with Gasteiger partial charge < -0.3 is 10.0 Å². The number of benzene rings is 1. The van der Waals surface area contributed by atoms with Crippen LogP contribution in [0, 0.1) is 5.92 Å². The summed E-state index contributed by atoms with van der Waals surface area (Å²) in [6.45, 7) is 3.74. The minimum atomic E-state index is -1.11. The Bertz CT molecular complexity index is 513. The van der Waals surface area contributed by atoms with Crippen molar-refractivity contribution in [2.24, 2.45) is 5.92 Å². The van der Waals surface area contributed by atoms with Crippen LogP contribution in [0.25, 0.3) is 0 Å². The summed E-state index contributed by atoms with van der Waals surface area (Å²) in [5, 5.41) is 10.7. The predicted octanol–water partition coefficient (Wildman–Crippen LogP) is 2.90. The number of thioether (sulfide) groups is 1. The van der Waals surface area contributed by atoms with Crippen LogP contribution in [0.15, 0.2) is 30.3 Å². The molecular weight excluding hydrogens is 294 g/mol. The Morgan fingerprint density at radius 2 is 1.95 bits per heavy atom. The van der Waals surface area contributed by atoms with E-state index in [1.165, 1.54) is 5.56 Å². The lowest BCUT2D eigenvalue weighted by Crippen LogP contribution is -2.54. The summed E-state index contributed by atoms with van der Waals surface area (Å²) < 4.78 is 0. The molecule has 0 bridgehead atoms. The number of piperidine rings is 1. The Balaban J connectivity index is 1.66. The lowest BCUT2D eigenvalue weighted by Gasteiger charge is -2.41. The molecule has 1 amide bonds. The Labute approximate surface area is 137 Å². The molecule has 120 valence electrons. The summed E-state index contributed by atoms with van der Waals surface area (Å²) in [5.41, 5.74) is 0.264. The topological polar surface area (TPSA) is 40.5 Å². The van der Waals surface area contributed by atoms with Gasteiger partial charge in [0.15, 0.2) is 0 Å². The molecule has 2 heterocycles. The zero-order valence-electron chi connectivity index (χ0n) is 13.2. The Hall–Kier alpha value is -1.00.